The molecule has 0 spiro atoms. The average Bonchev–Trinajstić information content (AvgIpc) is 2.33. The number of hydrogen-bond acceptors (Lipinski definition) is 2. The van der Waals surface area contributed by atoms with Crippen LogP contribution in [0.5, 0.6) is 0 Å². The third kappa shape index (κ3) is 2.72. The summed E-state index contributed by atoms with van der Waals surface area (Å²) >= 11 is 0. The molecule has 1 aromatic rings. The molecule has 0 aliphatic carbocycles. The predicted molar refractivity (Wildman–Crippen MR) is 71.7 cm³/mol. The zero-order valence-electron chi connectivity index (χ0n) is 11.1. The van der Waals surface area contributed by atoms with Gasteiger partial charge in [0.1, 0.15) is 6.04 Å². The van der Waals surface area contributed by atoms with Crippen molar-refractivity contribution in [3.05, 3.63) is 34.9 Å². The van der Waals surface area contributed by atoms with Crippen molar-refractivity contribution in [2.24, 2.45) is 0 Å². The van der Waals surface area contributed by atoms with Crippen molar-refractivity contribution in [2.45, 2.75) is 39.2 Å². The van der Waals surface area contributed by atoms with Crippen molar-refractivity contribution in [1.82, 2.24) is 4.90 Å². The Balaban J connectivity index is 2.31. The molecule has 1 atom stereocenters. The largest absolute Gasteiger partial charge is 0.480 e. The summed E-state index contributed by atoms with van der Waals surface area (Å²) in [4.78, 5) is 13.7. The molecule has 0 saturated carbocycles. The van der Waals surface area contributed by atoms with Crippen molar-refractivity contribution >= 4 is 5.97 Å². The Morgan fingerprint density at radius 1 is 1.22 bits per heavy atom. The van der Waals surface area contributed by atoms with Crippen molar-refractivity contribution < 1.29 is 9.90 Å². The molecular weight excluding hydrogens is 226 g/mol. The van der Waals surface area contributed by atoms with Gasteiger partial charge in [-0.25, -0.2) is 0 Å². The molecule has 0 aromatic heterocycles. The van der Waals surface area contributed by atoms with Gasteiger partial charge in [0.05, 0.1) is 0 Å². The van der Waals surface area contributed by atoms with E-state index >= 15 is 0 Å². The monoisotopic (exact) mass is 247 g/mol. The van der Waals surface area contributed by atoms with Crippen LogP contribution in [-0.2, 0) is 4.79 Å². The Kier molecular flexibility index (Phi) is 4.02. The number of carbonyl (C=O) groups is 1. The molecule has 1 unspecified atom stereocenters. The standard InChI is InChI=1S/C15H21NO2/c1-11-6-7-13(12(2)10-11)14(15(17)18)16-8-4-3-5-9-16/h6-7,10,14H,3-5,8-9H2,1-2H3,(H,17,18). The Hall–Kier alpha value is -1.35. The molecule has 1 aliphatic heterocycles. The molecule has 18 heavy (non-hydrogen) atoms. The molecule has 1 saturated heterocycles. The maximum Gasteiger partial charge on any atom is 0.325 e. The fourth-order valence-corrected chi connectivity index (χ4v) is 2.79. The first-order valence-electron chi connectivity index (χ1n) is 6.63. The first kappa shape index (κ1) is 13.1. The summed E-state index contributed by atoms with van der Waals surface area (Å²) in [7, 11) is 0. The average molecular weight is 247 g/mol. The highest BCUT2D eigenvalue weighted by molar-refractivity contribution is 5.76. The molecule has 1 aromatic carbocycles. The van der Waals surface area contributed by atoms with Gasteiger partial charge in [-0.15, -0.1) is 0 Å². The summed E-state index contributed by atoms with van der Waals surface area (Å²) in [6.07, 6.45) is 3.43. The number of rotatable bonds is 3. The first-order chi connectivity index (χ1) is 8.59. The molecule has 0 radical (unpaired) electrons. The van der Waals surface area contributed by atoms with E-state index in [9.17, 15) is 9.90 Å². The van der Waals surface area contributed by atoms with Crippen LogP contribution in [0.15, 0.2) is 18.2 Å². The van der Waals surface area contributed by atoms with Gasteiger partial charge in [-0.3, -0.25) is 9.69 Å². The van der Waals surface area contributed by atoms with Crippen molar-refractivity contribution in [2.75, 3.05) is 13.1 Å². The van der Waals surface area contributed by atoms with Gasteiger partial charge in [-0.1, -0.05) is 30.2 Å². The van der Waals surface area contributed by atoms with E-state index in [-0.39, 0.29) is 0 Å². The van der Waals surface area contributed by atoms with Crippen LogP contribution in [0.3, 0.4) is 0 Å². The summed E-state index contributed by atoms with van der Waals surface area (Å²) in [5.74, 6) is -0.733. The molecule has 1 N–H and O–H groups in total. The molecule has 3 nitrogen and oxygen atoms in total. The maximum absolute atomic E-state index is 11.6. The van der Waals surface area contributed by atoms with Crippen molar-refractivity contribution in [3.8, 4) is 0 Å². The lowest BCUT2D eigenvalue weighted by molar-refractivity contribution is -0.144. The highest BCUT2D eigenvalue weighted by atomic mass is 16.4. The second-order valence-corrected chi connectivity index (χ2v) is 5.20. The van der Waals surface area contributed by atoms with Gasteiger partial charge >= 0.3 is 5.97 Å². The van der Waals surface area contributed by atoms with E-state index in [1.807, 2.05) is 26.0 Å². The van der Waals surface area contributed by atoms with Gasteiger partial charge in [0.2, 0.25) is 0 Å². The third-order valence-corrected chi connectivity index (χ3v) is 3.71. The first-order valence-corrected chi connectivity index (χ1v) is 6.63. The van der Waals surface area contributed by atoms with Crippen LogP contribution in [0.2, 0.25) is 0 Å². The van der Waals surface area contributed by atoms with E-state index in [0.29, 0.717) is 0 Å². The number of piperidine rings is 1. The van der Waals surface area contributed by atoms with Gasteiger partial charge in [-0.2, -0.15) is 0 Å². The molecule has 3 heteroatoms. The fraction of sp³-hybridized carbons (Fsp3) is 0.533. The second kappa shape index (κ2) is 5.53. The highest BCUT2D eigenvalue weighted by Crippen LogP contribution is 2.27. The Morgan fingerprint density at radius 2 is 1.89 bits per heavy atom. The van der Waals surface area contributed by atoms with Crippen LogP contribution in [0.25, 0.3) is 0 Å². The molecule has 1 aliphatic rings. The number of carboxylic acids is 1. The zero-order chi connectivity index (χ0) is 13.1. The minimum absolute atomic E-state index is 0.481. The normalized spacial score (nSPS) is 18.6. The lowest BCUT2D eigenvalue weighted by Crippen LogP contribution is -2.38. The lowest BCUT2D eigenvalue weighted by Gasteiger charge is -2.33. The van der Waals surface area contributed by atoms with E-state index in [2.05, 4.69) is 11.0 Å². The van der Waals surface area contributed by atoms with E-state index in [4.69, 9.17) is 0 Å². The number of carboxylic acid groups (broad SMARTS) is 1. The topological polar surface area (TPSA) is 40.5 Å². The van der Waals surface area contributed by atoms with Crippen LogP contribution in [-0.4, -0.2) is 29.1 Å². The minimum atomic E-state index is -0.733. The molecule has 2 rings (SSSR count). The van der Waals surface area contributed by atoms with Crippen LogP contribution >= 0.6 is 0 Å². The van der Waals surface area contributed by atoms with Gasteiger partial charge in [0, 0.05) is 0 Å². The molecule has 1 heterocycles. The van der Waals surface area contributed by atoms with Gasteiger partial charge in [0.25, 0.3) is 0 Å². The van der Waals surface area contributed by atoms with Crippen molar-refractivity contribution in [3.63, 3.8) is 0 Å². The number of aliphatic carboxylic acids is 1. The third-order valence-electron chi connectivity index (χ3n) is 3.71. The Labute approximate surface area is 108 Å². The van der Waals surface area contributed by atoms with Gasteiger partial charge in [-0.05, 0) is 50.9 Å². The molecule has 0 amide bonds. The molecule has 98 valence electrons. The summed E-state index contributed by atoms with van der Waals surface area (Å²) in [5.41, 5.74) is 3.20. The summed E-state index contributed by atoms with van der Waals surface area (Å²) in [6.45, 7) is 5.82. The Bertz CT molecular complexity index is 436. The second-order valence-electron chi connectivity index (χ2n) is 5.20. The minimum Gasteiger partial charge on any atom is -0.480 e. The van der Waals surface area contributed by atoms with E-state index in [1.54, 1.807) is 0 Å². The van der Waals surface area contributed by atoms with E-state index in [1.165, 1.54) is 12.0 Å². The number of hydrogen-bond donors (Lipinski definition) is 1. The lowest BCUT2D eigenvalue weighted by atomic mass is 9.96. The molecule has 0 bridgehead atoms. The predicted octanol–water partition coefficient (Wildman–Crippen LogP) is 2.92. The number of nitrogens with zero attached hydrogens (tertiary/aromatic N) is 1. The number of likely N-dealkylation sites (tertiary alicyclic amines) is 1. The summed E-state index contributed by atoms with van der Waals surface area (Å²) in [5, 5.41) is 9.53. The molecular formula is C15H21NO2. The Morgan fingerprint density at radius 3 is 2.44 bits per heavy atom. The SMILES string of the molecule is Cc1ccc(C(C(=O)O)N2CCCCC2)c(C)c1. The van der Waals surface area contributed by atoms with Crippen LogP contribution < -0.4 is 0 Å². The van der Waals surface area contributed by atoms with E-state index in [0.717, 1.165) is 37.1 Å². The van der Waals surface area contributed by atoms with Gasteiger partial charge < -0.3 is 5.11 Å². The zero-order valence-corrected chi connectivity index (χ0v) is 11.1. The maximum atomic E-state index is 11.6. The number of aryl methyl sites for hydroxylation is 2. The van der Waals surface area contributed by atoms with Crippen LogP contribution in [0.1, 0.15) is 42.0 Å². The quantitative estimate of drug-likeness (QED) is 0.892. The van der Waals surface area contributed by atoms with E-state index < -0.39 is 12.0 Å². The van der Waals surface area contributed by atoms with Gasteiger partial charge in [0.15, 0.2) is 0 Å². The highest BCUT2D eigenvalue weighted by Gasteiger charge is 2.29. The fourth-order valence-electron chi connectivity index (χ4n) is 2.79. The van der Waals surface area contributed by atoms with Crippen LogP contribution in [0.4, 0.5) is 0 Å². The summed E-state index contributed by atoms with van der Waals surface area (Å²) in [6, 6.07) is 5.56. The summed E-state index contributed by atoms with van der Waals surface area (Å²) < 4.78 is 0. The van der Waals surface area contributed by atoms with Crippen LogP contribution in [0, 0.1) is 13.8 Å². The molecule has 1 fully saturated rings. The number of benzene rings is 1. The smallest absolute Gasteiger partial charge is 0.325 e. The van der Waals surface area contributed by atoms with Crippen molar-refractivity contribution in [1.29, 1.82) is 0 Å².